The molecule has 1 unspecified atom stereocenters. The number of allylic oxidation sites excluding steroid dienone is 1. The van der Waals surface area contributed by atoms with Gasteiger partial charge in [0.15, 0.2) is 17.2 Å². The fourth-order valence-corrected chi connectivity index (χ4v) is 8.53. The van der Waals surface area contributed by atoms with Gasteiger partial charge in [0.25, 0.3) is 0 Å². The van der Waals surface area contributed by atoms with E-state index in [9.17, 15) is 34.8 Å². The third-order valence-corrected chi connectivity index (χ3v) is 10.1. The molecule has 8 nitrogen and oxygen atoms in total. The van der Waals surface area contributed by atoms with Gasteiger partial charge < -0.3 is 25.2 Å². The van der Waals surface area contributed by atoms with E-state index >= 15 is 0 Å². The van der Waals surface area contributed by atoms with Gasteiger partial charge in [0.05, 0.1) is 12.7 Å². The maximum absolute atomic E-state index is 14.5. The second-order valence-corrected chi connectivity index (χ2v) is 14.1. The number of aliphatic hydroxyl groups is 3. The molecule has 3 aliphatic rings. The molecule has 0 spiro atoms. The van der Waals surface area contributed by atoms with Gasteiger partial charge in [-0.1, -0.05) is 53.7 Å². The predicted octanol–water partition coefficient (Wildman–Crippen LogP) is 6.06. The Morgan fingerprint density at radius 1 is 1.05 bits per heavy atom. The third-order valence-electron chi connectivity index (χ3n) is 10.1. The number of phenolic OH excluding ortho intramolecular Hbond substituents is 1. The molecule has 3 aliphatic carbocycles. The first-order chi connectivity index (χ1) is 20.4. The molecule has 44 heavy (non-hydrogen) atoms. The average Bonchev–Trinajstić information content (AvgIpc) is 2.90. The second-order valence-electron chi connectivity index (χ2n) is 14.1. The van der Waals surface area contributed by atoms with Crippen molar-refractivity contribution in [2.75, 3.05) is 7.11 Å². The molecule has 0 amide bonds. The summed E-state index contributed by atoms with van der Waals surface area (Å²) in [5.41, 5.74) is -2.62. The zero-order chi connectivity index (χ0) is 32.7. The number of hydrogen-bond acceptors (Lipinski definition) is 8. The normalized spacial score (nSPS) is 28.3. The van der Waals surface area contributed by atoms with E-state index in [0.29, 0.717) is 11.5 Å². The van der Waals surface area contributed by atoms with E-state index in [1.54, 1.807) is 40.9 Å². The third kappa shape index (κ3) is 4.17. The Hall–Kier alpha value is -3.91. The van der Waals surface area contributed by atoms with Crippen molar-refractivity contribution in [3.05, 3.63) is 63.9 Å². The zero-order valence-corrected chi connectivity index (χ0v) is 26.7. The molecular formula is C36H42O8. The number of hydrogen-bond donors (Lipinski definition) is 4. The minimum absolute atomic E-state index is 0.0429. The number of rotatable bonds is 6. The number of benzene rings is 2. The Kier molecular flexibility index (Phi) is 7.40. The first-order valence-electron chi connectivity index (χ1n) is 15.2. The molecule has 4 N–H and O–H groups in total. The van der Waals surface area contributed by atoms with Gasteiger partial charge in [-0.05, 0) is 78.5 Å². The minimum atomic E-state index is -2.63. The minimum Gasteiger partial charge on any atom is -0.508 e. The summed E-state index contributed by atoms with van der Waals surface area (Å²) >= 11 is 0. The molecule has 0 aromatic heterocycles. The molecule has 1 fully saturated rings. The number of Topliss-reactive ketones (excluding diaryl/α,β-unsaturated/α-hetero) is 3. The Balaban J connectivity index is 1.78. The van der Waals surface area contributed by atoms with Crippen LogP contribution >= 0.6 is 0 Å². The summed E-state index contributed by atoms with van der Waals surface area (Å²) in [4.78, 5) is 40.8. The highest BCUT2D eigenvalue weighted by molar-refractivity contribution is 6.24. The molecule has 2 aromatic carbocycles. The van der Waals surface area contributed by atoms with E-state index in [0.717, 1.165) is 35.8 Å². The van der Waals surface area contributed by atoms with Crippen molar-refractivity contribution in [1.82, 2.24) is 0 Å². The fraction of sp³-hybridized carbons (Fsp3) is 0.472. The lowest BCUT2D eigenvalue weighted by Crippen LogP contribution is -2.69. The Labute approximate surface area is 258 Å². The SMILES string of the molecule is COc1ccc(-c2ccc(O)c3c2C[C@]2(C)C[C@]4(C)C(C(C)C)C(=O)C(C(C)=O)=C(O)[C@]4(O)C(=O)C2=C3O)cc1CC(C)C. The van der Waals surface area contributed by atoms with Crippen molar-refractivity contribution in [2.45, 2.75) is 73.3 Å². The Bertz CT molecular complexity index is 1680. The topological polar surface area (TPSA) is 141 Å². The fourth-order valence-electron chi connectivity index (χ4n) is 8.53. The van der Waals surface area contributed by atoms with Gasteiger partial charge in [0, 0.05) is 22.3 Å². The van der Waals surface area contributed by atoms with Crippen LogP contribution in [0.25, 0.3) is 16.9 Å². The van der Waals surface area contributed by atoms with Crippen LogP contribution in [0.3, 0.4) is 0 Å². The molecule has 5 rings (SSSR count). The number of fused-ring (bicyclic) bond motifs is 3. The van der Waals surface area contributed by atoms with Crippen LogP contribution in [0.15, 0.2) is 47.2 Å². The van der Waals surface area contributed by atoms with Crippen LogP contribution in [0.1, 0.15) is 71.6 Å². The Morgan fingerprint density at radius 3 is 2.27 bits per heavy atom. The van der Waals surface area contributed by atoms with E-state index in [1.165, 1.54) is 6.07 Å². The summed E-state index contributed by atoms with van der Waals surface area (Å²) in [5.74, 6) is -4.23. The average molecular weight is 603 g/mol. The lowest BCUT2D eigenvalue weighted by atomic mass is 9.43. The van der Waals surface area contributed by atoms with Gasteiger partial charge >= 0.3 is 0 Å². The zero-order valence-electron chi connectivity index (χ0n) is 26.7. The monoisotopic (exact) mass is 602 g/mol. The maximum atomic E-state index is 14.5. The van der Waals surface area contributed by atoms with Crippen LogP contribution in [0.2, 0.25) is 0 Å². The molecule has 0 bridgehead atoms. The van der Waals surface area contributed by atoms with Gasteiger partial charge in [-0.15, -0.1) is 0 Å². The molecule has 234 valence electrons. The van der Waals surface area contributed by atoms with Crippen LogP contribution in [0.5, 0.6) is 11.5 Å². The van der Waals surface area contributed by atoms with Gasteiger partial charge in [-0.3, -0.25) is 14.4 Å². The summed E-state index contributed by atoms with van der Waals surface area (Å²) < 4.78 is 5.60. The molecule has 2 aromatic rings. The van der Waals surface area contributed by atoms with E-state index in [-0.39, 0.29) is 35.6 Å². The molecule has 0 radical (unpaired) electrons. The quantitative estimate of drug-likeness (QED) is 0.292. The van der Waals surface area contributed by atoms with Crippen LogP contribution in [-0.2, 0) is 27.2 Å². The van der Waals surface area contributed by atoms with Crippen molar-refractivity contribution in [3.8, 4) is 22.6 Å². The summed E-state index contributed by atoms with van der Waals surface area (Å²) in [6, 6.07) is 9.10. The van der Waals surface area contributed by atoms with E-state index in [4.69, 9.17) is 4.74 Å². The van der Waals surface area contributed by atoms with Crippen LogP contribution in [0, 0.1) is 28.6 Å². The largest absolute Gasteiger partial charge is 0.508 e. The number of aromatic hydroxyl groups is 1. The number of phenols is 1. The molecule has 8 heteroatoms. The molecule has 0 aliphatic heterocycles. The number of carbonyl (C=O) groups is 3. The van der Waals surface area contributed by atoms with Gasteiger partial charge in [0.2, 0.25) is 5.78 Å². The van der Waals surface area contributed by atoms with Gasteiger partial charge in [0.1, 0.15) is 28.6 Å². The van der Waals surface area contributed by atoms with E-state index < -0.39 is 56.8 Å². The highest BCUT2D eigenvalue weighted by Gasteiger charge is 2.72. The predicted molar refractivity (Wildman–Crippen MR) is 166 cm³/mol. The number of methoxy groups -OCH3 is 1. The summed E-state index contributed by atoms with van der Waals surface area (Å²) in [7, 11) is 1.63. The van der Waals surface area contributed by atoms with Gasteiger partial charge in [-0.25, -0.2) is 0 Å². The van der Waals surface area contributed by atoms with Crippen LogP contribution in [-0.4, -0.2) is 50.5 Å². The van der Waals surface area contributed by atoms with Crippen molar-refractivity contribution < 1.29 is 39.5 Å². The molecule has 0 saturated heterocycles. The second kappa shape index (κ2) is 10.3. The summed E-state index contributed by atoms with van der Waals surface area (Å²) in [5, 5.41) is 46.4. The van der Waals surface area contributed by atoms with E-state index in [2.05, 4.69) is 13.8 Å². The van der Waals surface area contributed by atoms with E-state index in [1.807, 2.05) is 18.2 Å². The summed E-state index contributed by atoms with van der Waals surface area (Å²) in [6.07, 6.45) is 1.03. The highest BCUT2D eigenvalue weighted by atomic mass is 16.5. The lowest BCUT2D eigenvalue weighted by Gasteiger charge is -2.59. The van der Waals surface area contributed by atoms with Gasteiger partial charge in [-0.2, -0.15) is 0 Å². The first-order valence-corrected chi connectivity index (χ1v) is 15.2. The Morgan fingerprint density at radius 2 is 1.70 bits per heavy atom. The van der Waals surface area contributed by atoms with Crippen molar-refractivity contribution in [2.24, 2.45) is 28.6 Å². The lowest BCUT2D eigenvalue weighted by molar-refractivity contribution is -0.178. The van der Waals surface area contributed by atoms with Crippen molar-refractivity contribution >= 4 is 23.1 Å². The number of carbonyl (C=O) groups excluding carboxylic acids is 3. The first kappa shape index (κ1) is 31.5. The standard InChI is InChI=1S/C36H42O8/c1-17(2)13-21-14-20(9-12-25(21)44-8)22-10-11-24(38)27-23(22)15-34(6)16-35(7)28(18(3)4)30(39)26(19(5)37)32(41)36(35,43)33(42)29(34)31(27)40/h9-12,14,17-18,28,38,40-41,43H,13,15-16H2,1-8H3/t28?,34-,35-,36+/m1/s1. The molecule has 1 saturated carbocycles. The number of ether oxygens (including phenoxy) is 1. The molecule has 4 atom stereocenters. The number of ketones is 3. The molecular weight excluding hydrogens is 560 g/mol. The highest BCUT2D eigenvalue weighted by Crippen LogP contribution is 2.65. The number of aliphatic hydroxyl groups excluding tert-OH is 2. The van der Waals surface area contributed by atoms with Crippen LogP contribution in [0.4, 0.5) is 0 Å². The van der Waals surface area contributed by atoms with Crippen molar-refractivity contribution in [3.63, 3.8) is 0 Å². The molecule has 0 heterocycles. The van der Waals surface area contributed by atoms with Crippen LogP contribution < -0.4 is 4.74 Å². The van der Waals surface area contributed by atoms with Crippen molar-refractivity contribution in [1.29, 1.82) is 0 Å². The maximum Gasteiger partial charge on any atom is 0.203 e. The summed E-state index contributed by atoms with van der Waals surface area (Å²) in [6.45, 7) is 12.3. The smallest absolute Gasteiger partial charge is 0.203 e.